The molecule has 1 fully saturated rings. The van der Waals surface area contributed by atoms with Gasteiger partial charge >= 0.3 is 5.97 Å². The highest BCUT2D eigenvalue weighted by Crippen LogP contribution is 2.20. The number of ether oxygens (including phenoxy) is 1. The monoisotopic (exact) mass is 263 g/mol. The van der Waals surface area contributed by atoms with E-state index in [1.807, 2.05) is 18.2 Å². The number of nitrogens with zero attached hydrogens (tertiary/aromatic N) is 1. The van der Waals surface area contributed by atoms with Crippen molar-refractivity contribution in [2.45, 2.75) is 26.0 Å². The third kappa shape index (κ3) is 3.78. The minimum Gasteiger partial charge on any atom is -0.466 e. The molecule has 1 aliphatic heterocycles. The highest BCUT2D eigenvalue weighted by atomic mass is 16.5. The van der Waals surface area contributed by atoms with Crippen LogP contribution in [0.5, 0.6) is 0 Å². The number of likely N-dealkylation sites (tertiary alicyclic amines) is 1. The van der Waals surface area contributed by atoms with Crippen molar-refractivity contribution in [1.29, 1.82) is 0 Å². The van der Waals surface area contributed by atoms with Gasteiger partial charge in [-0.05, 0) is 18.9 Å². The van der Waals surface area contributed by atoms with Gasteiger partial charge < -0.3 is 9.84 Å². The summed E-state index contributed by atoms with van der Waals surface area (Å²) in [4.78, 5) is 14.0. The zero-order valence-corrected chi connectivity index (χ0v) is 11.3. The van der Waals surface area contributed by atoms with Gasteiger partial charge in [0.05, 0.1) is 18.6 Å². The lowest BCUT2D eigenvalue weighted by Crippen LogP contribution is -2.46. The number of aliphatic hydroxyl groups excluding tert-OH is 1. The molecule has 2 atom stereocenters. The number of carbonyl (C=O) groups excluding carboxylic acids is 1. The molecule has 1 aromatic carbocycles. The first-order valence-corrected chi connectivity index (χ1v) is 6.81. The Labute approximate surface area is 114 Å². The third-order valence-electron chi connectivity index (χ3n) is 3.50. The third-order valence-corrected chi connectivity index (χ3v) is 3.50. The molecule has 104 valence electrons. The highest BCUT2D eigenvalue weighted by molar-refractivity contribution is 5.73. The maximum absolute atomic E-state index is 11.8. The van der Waals surface area contributed by atoms with Gasteiger partial charge in [-0.2, -0.15) is 0 Å². The number of piperidine rings is 1. The molecule has 4 heteroatoms. The maximum atomic E-state index is 11.8. The first kappa shape index (κ1) is 14.0. The molecular weight excluding hydrogens is 242 g/mol. The first-order valence-electron chi connectivity index (χ1n) is 6.81. The van der Waals surface area contributed by atoms with E-state index in [1.165, 1.54) is 5.56 Å². The average molecular weight is 263 g/mol. The minimum atomic E-state index is -0.578. The van der Waals surface area contributed by atoms with Gasteiger partial charge in [-0.1, -0.05) is 30.3 Å². The molecule has 2 rings (SSSR count). The lowest BCUT2D eigenvalue weighted by Gasteiger charge is -2.34. The SMILES string of the molecule is CCOC(=O)[C@H]1CN(Cc2ccccc2)CC[C@@H]1O. The van der Waals surface area contributed by atoms with E-state index in [0.717, 1.165) is 13.1 Å². The van der Waals surface area contributed by atoms with Crippen LogP contribution in [-0.2, 0) is 16.1 Å². The Bertz CT molecular complexity index is 407. The van der Waals surface area contributed by atoms with Crippen molar-refractivity contribution < 1.29 is 14.6 Å². The molecule has 1 aromatic rings. The van der Waals surface area contributed by atoms with Crippen molar-refractivity contribution >= 4 is 5.97 Å². The summed E-state index contributed by atoms with van der Waals surface area (Å²) in [5.41, 5.74) is 1.22. The summed E-state index contributed by atoms with van der Waals surface area (Å²) >= 11 is 0. The zero-order valence-electron chi connectivity index (χ0n) is 11.3. The molecule has 1 heterocycles. The van der Waals surface area contributed by atoms with E-state index in [1.54, 1.807) is 6.92 Å². The summed E-state index contributed by atoms with van der Waals surface area (Å²) in [5, 5.41) is 9.92. The molecule has 1 N–H and O–H groups in total. The lowest BCUT2D eigenvalue weighted by atomic mass is 9.94. The molecule has 0 aliphatic carbocycles. The summed E-state index contributed by atoms with van der Waals surface area (Å²) in [6, 6.07) is 10.2. The zero-order chi connectivity index (χ0) is 13.7. The normalized spacial score (nSPS) is 24.1. The number of hydrogen-bond donors (Lipinski definition) is 1. The predicted molar refractivity (Wildman–Crippen MR) is 72.5 cm³/mol. The number of carbonyl (C=O) groups is 1. The van der Waals surface area contributed by atoms with Crippen LogP contribution in [0.2, 0.25) is 0 Å². The van der Waals surface area contributed by atoms with Crippen LogP contribution >= 0.6 is 0 Å². The van der Waals surface area contributed by atoms with Gasteiger partial charge in [-0.15, -0.1) is 0 Å². The van der Waals surface area contributed by atoms with Gasteiger partial charge in [0.1, 0.15) is 0 Å². The summed E-state index contributed by atoms with van der Waals surface area (Å²) in [5.74, 6) is -0.704. The fourth-order valence-corrected chi connectivity index (χ4v) is 2.47. The van der Waals surface area contributed by atoms with E-state index >= 15 is 0 Å². The second-order valence-electron chi connectivity index (χ2n) is 4.94. The highest BCUT2D eigenvalue weighted by Gasteiger charge is 2.34. The molecule has 4 nitrogen and oxygen atoms in total. The van der Waals surface area contributed by atoms with Crippen LogP contribution < -0.4 is 0 Å². The van der Waals surface area contributed by atoms with Gasteiger partial charge in [0.2, 0.25) is 0 Å². The van der Waals surface area contributed by atoms with Crippen LogP contribution in [0.3, 0.4) is 0 Å². The molecule has 19 heavy (non-hydrogen) atoms. The summed E-state index contributed by atoms with van der Waals surface area (Å²) < 4.78 is 5.02. The Kier molecular flexibility index (Phi) is 4.93. The van der Waals surface area contributed by atoms with Gasteiger partial charge in [-0.3, -0.25) is 9.69 Å². The van der Waals surface area contributed by atoms with Crippen LogP contribution in [0, 0.1) is 5.92 Å². The average Bonchev–Trinajstić information content (AvgIpc) is 2.42. The van der Waals surface area contributed by atoms with Crippen molar-refractivity contribution in [1.82, 2.24) is 4.90 Å². The molecule has 0 saturated carbocycles. The second-order valence-corrected chi connectivity index (χ2v) is 4.94. The minimum absolute atomic E-state index is 0.284. The Morgan fingerprint density at radius 3 is 2.84 bits per heavy atom. The van der Waals surface area contributed by atoms with E-state index in [0.29, 0.717) is 19.6 Å². The standard InChI is InChI=1S/C15H21NO3/c1-2-19-15(18)13-11-16(9-8-14(13)17)10-12-6-4-3-5-7-12/h3-7,13-14,17H,2,8-11H2,1H3/t13-,14-/m0/s1. The topological polar surface area (TPSA) is 49.8 Å². The van der Waals surface area contributed by atoms with Crippen LogP contribution in [0.1, 0.15) is 18.9 Å². The number of benzene rings is 1. The van der Waals surface area contributed by atoms with Crippen molar-refractivity contribution in [2.75, 3.05) is 19.7 Å². The van der Waals surface area contributed by atoms with Crippen molar-refractivity contribution in [3.05, 3.63) is 35.9 Å². The lowest BCUT2D eigenvalue weighted by molar-refractivity contribution is -0.155. The molecule has 1 aliphatic rings. The summed E-state index contributed by atoms with van der Waals surface area (Å²) in [6.07, 6.45) is 0.0436. The summed E-state index contributed by atoms with van der Waals surface area (Å²) in [6.45, 7) is 4.33. The number of rotatable bonds is 4. The van der Waals surface area contributed by atoms with Crippen molar-refractivity contribution in [2.24, 2.45) is 5.92 Å². The Morgan fingerprint density at radius 2 is 2.16 bits per heavy atom. The molecular formula is C15H21NO3. The van der Waals surface area contributed by atoms with Gasteiger partial charge in [0.25, 0.3) is 0 Å². The Hall–Kier alpha value is -1.39. The van der Waals surface area contributed by atoms with Crippen LogP contribution in [0.15, 0.2) is 30.3 Å². The van der Waals surface area contributed by atoms with Crippen molar-refractivity contribution in [3.8, 4) is 0 Å². The van der Waals surface area contributed by atoms with E-state index in [-0.39, 0.29) is 5.97 Å². The van der Waals surface area contributed by atoms with E-state index in [4.69, 9.17) is 4.74 Å². The molecule has 0 bridgehead atoms. The van der Waals surface area contributed by atoms with Crippen LogP contribution in [-0.4, -0.2) is 41.8 Å². The maximum Gasteiger partial charge on any atom is 0.312 e. The van der Waals surface area contributed by atoms with Crippen molar-refractivity contribution in [3.63, 3.8) is 0 Å². The first-order chi connectivity index (χ1) is 9.20. The second kappa shape index (κ2) is 6.68. The largest absolute Gasteiger partial charge is 0.466 e. The molecule has 1 saturated heterocycles. The smallest absolute Gasteiger partial charge is 0.312 e. The Morgan fingerprint density at radius 1 is 1.42 bits per heavy atom. The van der Waals surface area contributed by atoms with E-state index in [2.05, 4.69) is 17.0 Å². The van der Waals surface area contributed by atoms with Gasteiger partial charge in [0, 0.05) is 19.6 Å². The fraction of sp³-hybridized carbons (Fsp3) is 0.533. The fourth-order valence-electron chi connectivity index (χ4n) is 2.47. The van der Waals surface area contributed by atoms with Crippen LogP contribution in [0.25, 0.3) is 0 Å². The van der Waals surface area contributed by atoms with Crippen LogP contribution in [0.4, 0.5) is 0 Å². The number of hydrogen-bond acceptors (Lipinski definition) is 4. The van der Waals surface area contributed by atoms with Gasteiger partial charge in [0.15, 0.2) is 0 Å². The molecule has 0 radical (unpaired) electrons. The quantitative estimate of drug-likeness (QED) is 0.835. The molecule has 0 aromatic heterocycles. The molecule has 0 unspecified atom stereocenters. The van der Waals surface area contributed by atoms with E-state index in [9.17, 15) is 9.90 Å². The predicted octanol–water partition coefficient (Wildman–Crippen LogP) is 1.43. The molecule has 0 amide bonds. The summed E-state index contributed by atoms with van der Waals surface area (Å²) in [7, 11) is 0. The van der Waals surface area contributed by atoms with Gasteiger partial charge in [-0.25, -0.2) is 0 Å². The number of esters is 1. The molecule has 0 spiro atoms. The number of aliphatic hydroxyl groups is 1. The van der Waals surface area contributed by atoms with E-state index < -0.39 is 12.0 Å². The Balaban J connectivity index is 1.95.